The Labute approximate surface area is 135 Å². The highest BCUT2D eigenvalue weighted by Gasteiger charge is 2.29. The second kappa shape index (κ2) is 7.48. The number of carbonyl (C=O) groups is 1. The summed E-state index contributed by atoms with van der Waals surface area (Å²) in [7, 11) is 1.78. The molecule has 1 aliphatic rings. The average Bonchev–Trinajstić information content (AvgIpc) is 2.46. The molecule has 0 heterocycles. The van der Waals surface area contributed by atoms with E-state index in [9.17, 15) is 9.90 Å². The van der Waals surface area contributed by atoms with E-state index in [0.29, 0.717) is 22.9 Å². The van der Waals surface area contributed by atoms with Crippen molar-refractivity contribution in [2.24, 2.45) is 0 Å². The van der Waals surface area contributed by atoms with Crippen molar-refractivity contribution in [3.63, 3.8) is 0 Å². The van der Waals surface area contributed by atoms with E-state index in [2.05, 4.69) is 0 Å². The Morgan fingerprint density at radius 2 is 2.05 bits per heavy atom. The summed E-state index contributed by atoms with van der Waals surface area (Å²) in [5.74, 6) is 0.0481. The molecule has 2 unspecified atom stereocenters. The van der Waals surface area contributed by atoms with Crippen LogP contribution < -0.4 is 0 Å². The molecule has 0 aliphatic heterocycles. The van der Waals surface area contributed by atoms with Crippen LogP contribution in [0.2, 0.25) is 10.0 Å². The Morgan fingerprint density at radius 1 is 1.33 bits per heavy atom. The van der Waals surface area contributed by atoms with E-state index in [1.807, 2.05) is 6.07 Å². The van der Waals surface area contributed by atoms with Gasteiger partial charge in [0.1, 0.15) is 0 Å². The van der Waals surface area contributed by atoms with Crippen molar-refractivity contribution < 1.29 is 9.90 Å². The number of aryl methyl sites for hydroxylation is 1. The van der Waals surface area contributed by atoms with Crippen LogP contribution in [-0.2, 0) is 11.2 Å². The summed E-state index contributed by atoms with van der Waals surface area (Å²) in [6.45, 7) is 0. The number of amides is 1. The van der Waals surface area contributed by atoms with E-state index in [-0.39, 0.29) is 11.9 Å². The molecule has 1 fully saturated rings. The zero-order valence-corrected chi connectivity index (χ0v) is 13.7. The van der Waals surface area contributed by atoms with Crippen LogP contribution in [0.4, 0.5) is 0 Å². The van der Waals surface area contributed by atoms with Gasteiger partial charge in [0.25, 0.3) is 0 Å². The Morgan fingerprint density at radius 3 is 2.71 bits per heavy atom. The number of aliphatic hydroxyl groups excluding tert-OH is 1. The Hall–Kier alpha value is -0.770. The normalized spacial score (nSPS) is 22.1. The summed E-state index contributed by atoms with van der Waals surface area (Å²) in [5, 5.41) is 11.2. The molecule has 2 atom stereocenters. The van der Waals surface area contributed by atoms with Crippen molar-refractivity contribution in [3.8, 4) is 0 Å². The second-order valence-corrected chi connectivity index (χ2v) is 6.50. The summed E-state index contributed by atoms with van der Waals surface area (Å²) in [6.07, 6.45) is 4.36. The molecule has 1 aromatic rings. The van der Waals surface area contributed by atoms with Crippen molar-refractivity contribution in [1.82, 2.24) is 4.90 Å². The molecule has 5 heteroatoms. The van der Waals surface area contributed by atoms with Gasteiger partial charge in [-0.2, -0.15) is 0 Å². The minimum absolute atomic E-state index is 0.0481. The van der Waals surface area contributed by atoms with Gasteiger partial charge >= 0.3 is 0 Å². The van der Waals surface area contributed by atoms with Crippen molar-refractivity contribution in [3.05, 3.63) is 33.8 Å². The number of hydrogen-bond acceptors (Lipinski definition) is 2. The van der Waals surface area contributed by atoms with Crippen LogP contribution in [0.25, 0.3) is 0 Å². The van der Waals surface area contributed by atoms with E-state index >= 15 is 0 Å². The lowest BCUT2D eigenvalue weighted by atomic mass is 9.91. The van der Waals surface area contributed by atoms with Crippen LogP contribution in [0.15, 0.2) is 18.2 Å². The fraction of sp³-hybridized carbons (Fsp3) is 0.562. The lowest BCUT2D eigenvalue weighted by Crippen LogP contribution is -2.46. The molecular weight excluding hydrogens is 309 g/mol. The largest absolute Gasteiger partial charge is 0.391 e. The van der Waals surface area contributed by atoms with E-state index in [1.54, 1.807) is 24.1 Å². The molecule has 0 bridgehead atoms. The summed E-state index contributed by atoms with van der Waals surface area (Å²) in [4.78, 5) is 14.0. The maximum absolute atomic E-state index is 12.3. The van der Waals surface area contributed by atoms with E-state index in [0.717, 1.165) is 31.2 Å². The van der Waals surface area contributed by atoms with Gasteiger partial charge in [0.05, 0.1) is 12.1 Å². The van der Waals surface area contributed by atoms with Gasteiger partial charge in [0.2, 0.25) is 5.91 Å². The third-order valence-electron chi connectivity index (χ3n) is 4.21. The molecule has 2 rings (SSSR count). The Kier molecular flexibility index (Phi) is 5.91. The van der Waals surface area contributed by atoms with Gasteiger partial charge in [0.15, 0.2) is 0 Å². The number of benzene rings is 1. The predicted octanol–water partition coefficient (Wildman–Crippen LogP) is 3.69. The lowest BCUT2D eigenvalue weighted by molar-refractivity contribution is -0.135. The first-order chi connectivity index (χ1) is 9.99. The highest BCUT2D eigenvalue weighted by molar-refractivity contribution is 6.35. The van der Waals surface area contributed by atoms with Crippen LogP contribution in [0, 0.1) is 0 Å². The van der Waals surface area contributed by atoms with E-state index in [4.69, 9.17) is 23.2 Å². The Bertz CT molecular complexity index is 507. The maximum atomic E-state index is 12.3. The average molecular weight is 330 g/mol. The number of rotatable bonds is 4. The predicted molar refractivity (Wildman–Crippen MR) is 85.8 cm³/mol. The fourth-order valence-corrected chi connectivity index (χ4v) is 3.37. The van der Waals surface area contributed by atoms with Crippen LogP contribution in [-0.4, -0.2) is 35.1 Å². The first kappa shape index (κ1) is 16.6. The molecule has 0 aromatic heterocycles. The molecule has 1 amide bonds. The smallest absolute Gasteiger partial charge is 0.222 e. The fourth-order valence-electron chi connectivity index (χ4n) is 2.87. The number of carbonyl (C=O) groups excluding carboxylic acids is 1. The molecular formula is C16H21Cl2NO2. The standard InChI is InChI=1S/C16H21Cl2NO2/c1-19(14-4-2-3-5-15(14)20)16(21)9-7-11-6-8-12(17)10-13(11)18/h6,8,10,14-15,20H,2-5,7,9H2,1H3. The first-order valence-electron chi connectivity index (χ1n) is 7.36. The minimum atomic E-state index is -0.396. The van der Waals surface area contributed by atoms with Crippen LogP contribution in [0.5, 0.6) is 0 Å². The van der Waals surface area contributed by atoms with Gasteiger partial charge in [-0.15, -0.1) is 0 Å². The SMILES string of the molecule is CN(C(=O)CCc1ccc(Cl)cc1Cl)C1CCCCC1O. The molecule has 1 aliphatic carbocycles. The minimum Gasteiger partial charge on any atom is -0.391 e. The van der Waals surface area contributed by atoms with Gasteiger partial charge in [-0.1, -0.05) is 42.1 Å². The highest BCUT2D eigenvalue weighted by atomic mass is 35.5. The second-order valence-electron chi connectivity index (χ2n) is 5.66. The highest BCUT2D eigenvalue weighted by Crippen LogP contribution is 2.25. The molecule has 1 N–H and O–H groups in total. The topological polar surface area (TPSA) is 40.5 Å². The molecule has 0 saturated heterocycles. The lowest BCUT2D eigenvalue weighted by Gasteiger charge is -2.35. The van der Waals surface area contributed by atoms with Crippen molar-refractivity contribution in [2.75, 3.05) is 7.05 Å². The van der Waals surface area contributed by atoms with E-state index < -0.39 is 6.10 Å². The third-order valence-corrected chi connectivity index (χ3v) is 4.80. The van der Waals surface area contributed by atoms with Crippen molar-refractivity contribution in [1.29, 1.82) is 0 Å². The number of aliphatic hydroxyl groups is 1. The number of nitrogens with zero attached hydrogens (tertiary/aromatic N) is 1. The van der Waals surface area contributed by atoms with Gasteiger partial charge in [-0.25, -0.2) is 0 Å². The monoisotopic (exact) mass is 329 g/mol. The summed E-state index contributed by atoms with van der Waals surface area (Å²) < 4.78 is 0. The van der Waals surface area contributed by atoms with Gasteiger partial charge < -0.3 is 10.0 Å². The van der Waals surface area contributed by atoms with Crippen LogP contribution in [0.1, 0.15) is 37.7 Å². The summed E-state index contributed by atoms with van der Waals surface area (Å²) >= 11 is 12.0. The number of halogens is 2. The quantitative estimate of drug-likeness (QED) is 0.915. The molecule has 1 aromatic carbocycles. The first-order valence-corrected chi connectivity index (χ1v) is 8.12. The molecule has 3 nitrogen and oxygen atoms in total. The maximum Gasteiger partial charge on any atom is 0.222 e. The van der Waals surface area contributed by atoms with Crippen molar-refractivity contribution in [2.45, 2.75) is 50.7 Å². The molecule has 0 radical (unpaired) electrons. The van der Waals surface area contributed by atoms with Gasteiger partial charge in [0, 0.05) is 23.5 Å². The zero-order chi connectivity index (χ0) is 15.4. The van der Waals surface area contributed by atoms with Crippen molar-refractivity contribution >= 4 is 29.1 Å². The Balaban J connectivity index is 1.91. The molecule has 1 saturated carbocycles. The van der Waals surface area contributed by atoms with Crippen LogP contribution >= 0.6 is 23.2 Å². The number of hydrogen-bond donors (Lipinski definition) is 1. The van der Waals surface area contributed by atoms with E-state index in [1.165, 1.54) is 0 Å². The number of likely N-dealkylation sites (N-methyl/N-ethyl adjacent to an activating group) is 1. The molecule has 21 heavy (non-hydrogen) atoms. The van der Waals surface area contributed by atoms with Crippen LogP contribution in [0.3, 0.4) is 0 Å². The summed E-state index contributed by atoms with van der Waals surface area (Å²) in [5.41, 5.74) is 0.923. The third kappa shape index (κ3) is 4.35. The van der Waals surface area contributed by atoms with Gasteiger partial charge in [-0.05, 0) is 37.0 Å². The zero-order valence-electron chi connectivity index (χ0n) is 12.2. The molecule has 0 spiro atoms. The summed E-state index contributed by atoms with van der Waals surface area (Å²) in [6, 6.07) is 5.28. The molecule has 116 valence electrons. The van der Waals surface area contributed by atoms with Gasteiger partial charge in [-0.3, -0.25) is 4.79 Å².